The van der Waals surface area contributed by atoms with Crippen molar-refractivity contribution in [3.8, 4) is 11.3 Å². The summed E-state index contributed by atoms with van der Waals surface area (Å²) in [5.74, 6) is -0.639. The van der Waals surface area contributed by atoms with Gasteiger partial charge in [-0.3, -0.25) is 9.48 Å². The summed E-state index contributed by atoms with van der Waals surface area (Å²) in [7, 11) is 1.69. The minimum absolute atomic E-state index is 0.000917. The van der Waals surface area contributed by atoms with Crippen LogP contribution in [-0.4, -0.2) is 34.8 Å². The van der Waals surface area contributed by atoms with E-state index in [2.05, 4.69) is 15.7 Å². The maximum atomic E-state index is 12.9. The second-order valence-corrected chi connectivity index (χ2v) is 8.31. The van der Waals surface area contributed by atoms with E-state index >= 15 is 0 Å². The number of nitrogens with one attached hydrogen (secondary N) is 2. The van der Waals surface area contributed by atoms with Crippen molar-refractivity contribution in [1.29, 1.82) is 0 Å². The minimum atomic E-state index is -4.40. The van der Waals surface area contributed by atoms with Gasteiger partial charge in [-0.25, -0.2) is 0 Å². The summed E-state index contributed by atoms with van der Waals surface area (Å²) in [5, 5.41) is 10.5. The number of aryl methyl sites for hydroxylation is 1. The van der Waals surface area contributed by atoms with E-state index in [0.717, 1.165) is 17.7 Å². The third-order valence-corrected chi connectivity index (χ3v) is 6.08. The van der Waals surface area contributed by atoms with Crippen LogP contribution < -0.4 is 10.6 Å². The monoisotopic (exact) mass is 486 g/mol. The van der Waals surface area contributed by atoms with Gasteiger partial charge in [0.15, 0.2) is 5.76 Å². The van der Waals surface area contributed by atoms with Crippen molar-refractivity contribution in [2.45, 2.75) is 24.6 Å². The molecule has 1 saturated heterocycles. The summed E-state index contributed by atoms with van der Waals surface area (Å²) in [6.45, 7) is 1.15. The lowest BCUT2D eigenvalue weighted by atomic mass is 9.85. The molecule has 11 heteroatoms. The Morgan fingerprint density at radius 2 is 2.00 bits per heavy atom. The molecule has 1 aliphatic rings. The van der Waals surface area contributed by atoms with Crippen LogP contribution in [0.5, 0.6) is 0 Å². The summed E-state index contributed by atoms with van der Waals surface area (Å²) in [4.78, 5) is 12.9. The number of hydrogen-bond acceptors (Lipinski definition) is 4. The number of carbonyl (C=O) groups is 1. The van der Waals surface area contributed by atoms with Gasteiger partial charge in [0.2, 0.25) is 5.22 Å². The largest absolute Gasteiger partial charge is 0.439 e. The Labute approximate surface area is 191 Å². The summed E-state index contributed by atoms with van der Waals surface area (Å²) >= 11 is 12.4. The molecule has 32 heavy (non-hydrogen) atoms. The Balaban J connectivity index is 1.54. The first-order valence-corrected chi connectivity index (χ1v) is 10.6. The zero-order valence-corrected chi connectivity index (χ0v) is 18.4. The number of benzene rings is 1. The number of rotatable bonds is 4. The molecule has 0 aliphatic carbocycles. The zero-order valence-electron chi connectivity index (χ0n) is 16.8. The second kappa shape index (κ2) is 8.80. The molecule has 1 unspecified atom stereocenters. The highest BCUT2D eigenvalue weighted by Gasteiger charge is 2.32. The van der Waals surface area contributed by atoms with Crippen LogP contribution in [0.25, 0.3) is 11.3 Å². The molecule has 170 valence electrons. The Morgan fingerprint density at radius 1 is 1.28 bits per heavy atom. The average Bonchev–Trinajstić information content (AvgIpc) is 3.29. The van der Waals surface area contributed by atoms with Gasteiger partial charge in [0.1, 0.15) is 0 Å². The van der Waals surface area contributed by atoms with Crippen molar-refractivity contribution < 1.29 is 22.4 Å². The summed E-state index contributed by atoms with van der Waals surface area (Å²) in [6.07, 6.45) is -2.28. The molecule has 4 rings (SSSR count). The highest BCUT2D eigenvalue weighted by atomic mass is 35.5. The molecule has 2 N–H and O–H groups in total. The number of alkyl halides is 3. The van der Waals surface area contributed by atoms with Gasteiger partial charge >= 0.3 is 6.18 Å². The maximum absolute atomic E-state index is 12.9. The molecule has 1 amide bonds. The predicted molar refractivity (Wildman–Crippen MR) is 114 cm³/mol. The molecule has 0 bridgehead atoms. The number of nitrogens with zero attached hydrogens (tertiary/aromatic N) is 2. The number of furan rings is 1. The van der Waals surface area contributed by atoms with Gasteiger partial charge in [-0.2, -0.15) is 18.3 Å². The van der Waals surface area contributed by atoms with Gasteiger partial charge in [0.25, 0.3) is 5.91 Å². The molecular formula is C21H19Cl2F3N4O2. The highest BCUT2D eigenvalue weighted by Crippen LogP contribution is 2.36. The fourth-order valence-corrected chi connectivity index (χ4v) is 4.42. The van der Waals surface area contributed by atoms with E-state index in [1.807, 2.05) is 0 Å². The molecule has 0 radical (unpaired) electrons. The number of amides is 1. The van der Waals surface area contributed by atoms with Crippen molar-refractivity contribution >= 4 is 29.1 Å². The van der Waals surface area contributed by atoms with Crippen LogP contribution in [0, 0.1) is 0 Å². The molecule has 1 aliphatic heterocycles. The Morgan fingerprint density at radius 3 is 2.62 bits per heavy atom. The summed E-state index contributed by atoms with van der Waals surface area (Å²) < 4.78 is 45.6. The van der Waals surface area contributed by atoms with E-state index in [1.54, 1.807) is 7.05 Å². The molecular weight excluding hydrogens is 468 g/mol. The first-order chi connectivity index (χ1) is 15.1. The molecule has 1 aromatic carbocycles. The quantitative estimate of drug-likeness (QED) is 0.551. The van der Waals surface area contributed by atoms with E-state index in [4.69, 9.17) is 27.6 Å². The van der Waals surface area contributed by atoms with Crippen molar-refractivity contribution in [3.05, 3.63) is 63.7 Å². The normalized spacial score (nSPS) is 19.2. The molecule has 2 atom stereocenters. The minimum Gasteiger partial charge on any atom is -0.439 e. The molecule has 6 nitrogen and oxygen atoms in total. The van der Waals surface area contributed by atoms with Crippen molar-refractivity contribution in [1.82, 2.24) is 20.4 Å². The second-order valence-electron chi connectivity index (χ2n) is 7.56. The fraction of sp³-hybridized carbons (Fsp3) is 0.333. The smallest absolute Gasteiger partial charge is 0.416 e. The molecule has 3 aromatic rings. The average molecular weight is 487 g/mol. The first kappa shape index (κ1) is 22.7. The molecule has 0 saturated carbocycles. The first-order valence-electron chi connectivity index (χ1n) is 9.81. The van der Waals surface area contributed by atoms with Crippen molar-refractivity contribution in [3.63, 3.8) is 0 Å². The van der Waals surface area contributed by atoms with E-state index in [1.165, 1.54) is 29.1 Å². The molecule has 3 heterocycles. The SMILES string of the molecule is Cn1ncc(Cl)c1-c1cc(C(=O)N[C@H]2CNCCC2c2ccc(C(F)(F)F)cc2)oc1Cl. The summed E-state index contributed by atoms with van der Waals surface area (Å²) in [6, 6.07) is 6.19. The number of carbonyl (C=O) groups excluding carboxylic acids is 1. The lowest BCUT2D eigenvalue weighted by molar-refractivity contribution is -0.137. The lowest BCUT2D eigenvalue weighted by Crippen LogP contribution is -2.50. The number of halogens is 5. The standard InChI is InChI=1S/C21H19Cl2F3N4O2/c1-30-18(15(22)9-28-30)14-8-17(32-19(14)23)20(31)29-16-10-27-7-6-13(16)11-2-4-12(5-3-11)21(24,25)26/h2-5,8-9,13,16,27H,6-7,10H2,1H3,(H,29,31)/t13?,16-/m0/s1. The topological polar surface area (TPSA) is 72.1 Å². The number of aromatic nitrogens is 2. The van der Waals surface area contributed by atoms with Crippen LogP contribution in [0.4, 0.5) is 13.2 Å². The maximum Gasteiger partial charge on any atom is 0.416 e. The Kier molecular flexibility index (Phi) is 6.24. The number of piperidine rings is 1. The highest BCUT2D eigenvalue weighted by molar-refractivity contribution is 6.35. The van der Waals surface area contributed by atoms with Gasteiger partial charge in [-0.05, 0) is 42.3 Å². The van der Waals surface area contributed by atoms with Crippen LogP contribution in [0.1, 0.15) is 34.0 Å². The van der Waals surface area contributed by atoms with Crippen molar-refractivity contribution in [2.24, 2.45) is 7.05 Å². The molecule has 2 aromatic heterocycles. The van der Waals surface area contributed by atoms with Crippen LogP contribution >= 0.6 is 23.2 Å². The van der Waals surface area contributed by atoms with Crippen LogP contribution in [0.15, 0.2) is 40.9 Å². The lowest BCUT2D eigenvalue weighted by Gasteiger charge is -2.33. The zero-order chi connectivity index (χ0) is 23.0. The van der Waals surface area contributed by atoms with E-state index in [9.17, 15) is 18.0 Å². The van der Waals surface area contributed by atoms with Crippen LogP contribution in [0.3, 0.4) is 0 Å². The predicted octanol–water partition coefficient (Wildman–Crippen LogP) is 4.88. The third kappa shape index (κ3) is 4.51. The molecule has 0 spiro atoms. The van der Waals surface area contributed by atoms with Gasteiger partial charge in [-0.1, -0.05) is 23.7 Å². The van der Waals surface area contributed by atoms with E-state index < -0.39 is 17.6 Å². The fourth-order valence-electron chi connectivity index (χ4n) is 3.92. The Bertz CT molecular complexity index is 1110. The van der Waals surface area contributed by atoms with Gasteiger partial charge in [0.05, 0.1) is 28.0 Å². The summed E-state index contributed by atoms with van der Waals surface area (Å²) in [5.41, 5.74) is 0.969. The Hall–Kier alpha value is -2.49. The van der Waals surface area contributed by atoms with Crippen molar-refractivity contribution in [2.75, 3.05) is 13.1 Å². The number of hydrogen-bond donors (Lipinski definition) is 2. The van der Waals surface area contributed by atoms with Gasteiger partial charge in [0, 0.05) is 31.6 Å². The van der Waals surface area contributed by atoms with Gasteiger partial charge < -0.3 is 15.1 Å². The van der Waals surface area contributed by atoms with Gasteiger partial charge in [-0.15, -0.1) is 0 Å². The molecule has 1 fully saturated rings. The van der Waals surface area contributed by atoms with E-state index in [0.29, 0.717) is 35.8 Å². The third-order valence-electron chi connectivity index (χ3n) is 5.52. The van der Waals surface area contributed by atoms with E-state index in [-0.39, 0.29) is 22.9 Å². The van der Waals surface area contributed by atoms with Crippen LogP contribution in [-0.2, 0) is 13.2 Å². The van der Waals surface area contributed by atoms with Crippen LogP contribution in [0.2, 0.25) is 10.2 Å².